The Hall–Kier alpha value is -5.57. The molecule has 45 heavy (non-hydrogen) atoms. The first-order valence-corrected chi connectivity index (χ1v) is 14.3. The van der Waals surface area contributed by atoms with Gasteiger partial charge in [0.25, 0.3) is 0 Å². The lowest BCUT2D eigenvalue weighted by atomic mass is 10.1. The summed E-state index contributed by atoms with van der Waals surface area (Å²) >= 11 is 0. The number of benzene rings is 3. The number of halogens is 1. The number of aryl methyl sites for hydroxylation is 2. The van der Waals surface area contributed by atoms with Crippen molar-refractivity contribution in [3.63, 3.8) is 0 Å². The van der Waals surface area contributed by atoms with Crippen molar-refractivity contribution < 1.29 is 27.8 Å². The molecule has 0 saturated heterocycles. The van der Waals surface area contributed by atoms with E-state index >= 15 is 0 Å². The molecule has 0 aliphatic rings. The lowest BCUT2D eigenvalue weighted by molar-refractivity contribution is 0.0923. The third-order valence-electron chi connectivity index (χ3n) is 7.02. The maximum Gasteiger partial charge on any atom is 0.307 e. The number of methoxy groups -OCH3 is 1. The quantitative estimate of drug-likeness (QED) is 0.0852. The van der Waals surface area contributed by atoms with E-state index in [9.17, 15) is 9.18 Å². The molecule has 0 saturated carbocycles. The molecule has 5 rings (SSSR count). The fraction of sp³-hybridized carbons (Fsp3) is 0.167. The van der Waals surface area contributed by atoms with Gasteiger partial charge in [0.15, 0.2) is 17.3 Å². The molecule has 9 heteroatoms. The first-order chi connectivity index (χ1) is 21.8. The van der Waals surface area contributed by atoms with Crippen molar-refractivity contribution in [2.24, 2.45) is 5.10 Å². The first kappa shape index (κ1) is 30.9. The van der Waals surface area contributed by atoms with E-state index in [1.165, 1.54) is 25.5 Å². The van der Waals surface area contributed by atoms with Gasteiger partial charge in [0, 0.05) is 22.6 Å². The molecule has 230 valence electrons. The zero-order valence-corrected chi connectivity index (χ0v) is 25.4. The van der Waals surface area contributed by atoms with Crippen molar-refractivity contribution in [3.8, 4) is 22.9 Å². The Morgan fingerprint density at radius 2 is 1.76 bits per heavy atom. The summed E-state index contributed by atoms with van der Waals surface area (Å²) in [6, 6.07) is 25.0. The van der Waals surface area contributed by atoms with Crippen LogP contribution in [0.2, 0.25) is 0 Å². The van der Waals surface area contributed by atoms with Crippen LogP contribution in [-0.2, 0) is 19.6 Å². The van der Waals surface area contributed by atoms with E-state index in [0.29, 0.717) is 40.6 Å². The van der Waals surface area contributed by atoms with Gasteiger partial charge in [0.2, 0.25) is 0 Å². The second kappa shape index (κ2) is 14.3. The van der Waals surface area contributed by atoms with Crippen LogP contribution in [-0.4, -0.2) is 23.8 Å². The third kappa shape index (κ3) is 7.69. The minimum atomic E-state index is -0.507. The van der Waals surface area contributed by atoms with Gasteiger partial charge in [-0.15, -0.1) is 6.58 Å². The van der Waals surface area contributed by atoms with Gasteiger partial charge in [-0.2, -0.15) is 5.10 Å². The van der Waals surface area contributed by atoms with Gasteiger partial charge in [0.1, 0.15) is 30.5 Å². The molecule has 8 nitrogen and oxygen atoms in total. The topological polar surface area (TPSA) is 87.2 Å². The molecular formula is C36H34FN3O5. The normalized spacial score (nSPS) is 11.0. The molecule has 0 aliphatic carbocycles. The van der Waals surface area contributed by atoms with Crippen molar-refractivity contribution in [2.75, 3.05) is 7.11 Å². The summed E-state index contributed by atoms with van der Waals surface area (Å²) in [5, 5.41) is 4.09. The summed E-state index contributed by atoms with van der Waals surface area (Å²) in [5.41, 5.74) is 8.02. The van der Waals surface area contributed by atoms with E-state index in [0.717, 1.165) is 22.6 Å². The Balaban J connectivity index is 1.18. The third-order valence-corrected chi connectivity index (χ3v) is 7.02. The lowest BCUT2D eigenvalue weighted by Crippen LogP contribution is -2.16. The van der Waals surface area contributed by atoms with Gasteiger partial charge in [-0.05, 0) is 104 Å². The highest BCUT2D eigenvalue weighted by molar-refractivity contribution is 5.92. The fourth-order valence-corrected chi connectivity index (χ4v) is 4.88. The van der Waals surface area contributed by atoms with Crippen molar-refractivity contribution in [1.29, 1.82) is 0 Å². The SMILES string of the molecule is C=CCc1cc(/C=N/NC(=O)c2ccc(COc3ccc(-n4c(C)ccc4C)cc3)o2)cc(OC)c1OCc1cccc(F)c1. The Morgan fingerprint density at radius 3 is 2.47 bits per heavy atom. The van der Waals surface area contributed by atoms with Crippen LogP contribution in [0, 0.1) is 19.7 Å². The summed E-state index contributed by atoms with van der Waals surface area (Å²) in [6.45, 7) is 8.29. The molecular weight excluding hydrogens is 573 g/mol. The number of ether oxygens (including phenoxy) is 3. The molecule has 0 bridgehead atoms. The van der Waals surface area contributed by atoms with E-state index in [4.69, 9.17) is 18.6 Å². The number of hydrogen-bond acceptors (Lipinski definition) is 6. The maximum atomic E-state index is 13.6. The number of rotatable bonds is 13. The average Bonchev–Trinajstić information content (AvgIpc) is 3.65. The molecule has 0 unspecified atom stereocenters. The molecule has 5 aromatic rings. The zero-order valence-electron chi connectivity index (χ0n) is 25.4. The van der Waals surface area contributed by atoms with E-state index < -0.39 is 5.91 Å². The largest absolute Gasteiger partial charge is 0.493 e. The Kier molecular flexibility index (Phi) is 9.79. The van der Waals surface area contributed by atoms with E-state index in [1.807, 2.05) is 30.3 Å². The Bertz CT molecular complexity index is 1800. The molecule has 0 atom stereocenters. The number of allylic oxidation sites excluding steroid dienone is 1. The Labute approximate surface area is 261 Å². The smallest absolute Gasteiger partial charge is 0.307 e. The van der Waals surface area contributed by atoms with Crippen LogP contribution in [0.5, 0.6) is 17.2 Å². The van der Waals surface area contributed by atoms with Crippen molar-refractivity contribution >= 4 is 12.1 Å². The molecule has 1 amide bonds. The number of hydrazone groups is 1. The van der Waals surface area contributed by atoms with Gasteiger partial charge >= 0.3 is 5.91 Å². The van der Waals surface area contributed by atoms with Crippen molar-refractivity contribution in [1.82, 2.24) is 9.99 Å². The molecule has 0 fully saturated rings. The molecule has 2 aromatic heterocycles. The number of carbonyl (C=O) groups excluding carboxylic acids is 1. The number of aromatic nitrogens is 1. The summed E-state index contributed by atoms with van der Waals surface area (Å²) in [4.78, 5) is 12.7. The van der Waals surface area contributed by atoms with Crippen LogP contribution >= 0.6 is 0 Å². The van der Waals surface area contributed by atoms with Gasteiger partial charge in [-0.3, -0.25) is 4.79 Å². The monoisotopic (exact) mass is 607 g/mol. The van der Waals surface area contributed by atoms with E-state index in [1.54, 1.807) is 36.4 Å². The van der Waals surface area contributed by atoms with Gasteiger partial charge in [0.05, 0.1) is 13.3 Å². The second-order valence-electron chi connectivity index (χ2n) is 10.3. The van der Waals surface area contributed by atoms with Crippen molar-refractivity contribution in [2.45, 2.75) is 33.5 Å². The minimum absolute atomic E-state index is 0.102. The highest BCUT2D eigenvalue weighted by Gasteiger charge is 2.14. The van der Waals surface area contributed by atoms with E-state index in [-0.39, 0.29) is 24.8 Å². The van der Waals surface area contributed by atoms with Crippen LogP contribution in [0.15, 0.2) is 107 Å². The number of nitrogens with one attached hydrogen (secondary N) is 1. The highest BCUT2D eigenvalue weighted by Crippen LogP contribution is 2.34. The van der Waals surface area contributed by atoms with Crippen LogP contribution < -0.4 is 19.6 Å². The fourth-order valence-electron chi connectivity index (χ4n) is 4.88. The number of nitrogens with zero attached hydrogens (tertiary/aromatic N) is 2. The number of carbonyl (C=O) groups is 1. The van der Waals surface area contributed by atoms with Crippen molar-refractivity contribution in [3.05, 3.63) is 143 Å². The second-order valence-corrected chi connectivity index (χ2v) is 10.3. The predicted octanol–water partition coefficient (Wildman–Crippen LogP) is 7.49. The first-order valence-electron chi connectivity index (χ1n) is 14.3. The molecule has 0 spiro atoms. The van der Waals surface area contributed by atoms with Gasteiger partial charge < -0.3 is 23.2 Å². The van der Waals surface area contributed by atoms with Gasteiger partial charge in [-0.25, -0.2) is 9.82 Å². The summed E-state index contributed by atoms with van der Waals surface area (Å²) in [6.07, 6.45) is 3.73. The van der Waals surface area contributed by atoms with Crippen LogP contribution in [0.25, 0.3) is 5.69 Å². The average molecular weight is 608 g/mol. The molecule has 1 N–H and O–H groups in total. The number of hydrogen-bond donors (Lipinski definition) is 1. The predicted molar refractivity (Wildman–Crippen MR) is 171 cm³/mol. The minimum Gasteiger partial charge on any atom is -0.493 e. The van der Waals surface area contributed by atoms with E-state index in [2.05, 4.69) is 47.7 Å². The molecule has 0 radical (unpaired) electrons. The molecule has 3 aromatic carbocycles. The van der Waals surface area contributed by atoms with Crippen LogP contribution in [0.3, 0.4) is 0 Å². The standard InChI is InChI=1S/C36H34FN3O5/c1-5-7-28-18-27(20-34(42-4)35(28)44-22-26-8-6-9-29(37)19-26)21-38-39-36(41)33-17-16-32(45-33)23-43-31-14-12-30(13-15-31)40-24(2)10-11-25(40)3/h5-6,8-21H,1,7,22-23H2,2-4H3,(H,39,41)/b38-21+. The summed E-state index contributed by atoms with van der Waals surface area (Å²) < 4.78 is 38.9. The summed E-state index contributed by atoms with van der Waals surface area (Å²) in [7, 11) is 1.53. The molecule has 0 aliphatic heterocycles. The van der Waals surface area contributed by atoms with Crippen LogP contribution in [0.1, 0.15) is 44.4 Å². The number of furan rings is 1. The Morgan fingerprint density at radius 1 is 0.978 bits per heavy atom. The zero-order chi connectivity index (χ0) is 31.8. The maximum absolute atomic E-state index is 13.6. The van der Waals surface area contributed by atoms with Crippen LogP contribution in [0.4, 0.5) is 4.39 Å². The van der Waals surface area contributed by atoms with Gasteiger partial charge in [-0.1, -0.05) is 18.2 Å². The lowest BCUT2D eigenvalue weighted by Gasteiger charge is -2.16. The number of amides is 1. The highest BCUT2D eigenvalue weighted by atomic mass is 19.1. The summed E-state index contributed by atoms with van der Waals surface area (Å²) in [5.74, 6) is 1.44. The molecule has 2 heterocycles.